The number of halogens is 1. The Morgan fingerprint density at radius 2 is 2.23 bits per heavy atom. The smallest absolute Gasteiger partial charge is 0.230 e. The number of benzene rings is 1. The van der Waals surface area contributed by atoms with Crippen molar-refractivity contribution in [1.29, 1.82) is 0 Å². The quantitative estimate of drug-likeness (QED) is 0.683. The molecule has 26 heavy (non-hydrogen) atoms. The number of thioether (sulfide) groups is 1. The third kappa shape index (κ3) is 4.48. The first-order chi connectivity index (χ1) is 12.5. The summed E-state index contributed by atoms with van der Waals surface area (Å²) in [6, 6.07) is 4.89. The normalized spacial score (nSPS) is 10.9. The maximum absolute atomic E-state index is 14.3. The van der Waals surface area contributed by atoms with E-state index in [0.29, 0.717) is 34.5 Å². The number of carbonyl (C=O) groups excluding carboxylic acids is 1. The lowest BCUT2D eigenvalue weighted by atomic mass is 10.2. The summed E-state index contributed by atoms with van der Waals surface area (Å²) in [5, 5.41) is 6.54. The van der Waals surface area contributed by atoms with E-state index in [9.17, 15) is 9.18 Å². The van der Waals surface area contributed by atoms with Gasteiger partial charge in [0.15, 0.2) is 5.82 Å². The van der Waals surface area contributed by atoms with Crippen molar-refractivity contribution in [1.82, 2.24) is 25.0 Å². The van der Waals surface area contributed by atoms with Gasteiger partial charge >= 0.3 is 0 Å². The van der Waals surface area contributed by atoms with Gasteiger partial charge in [-0.1, -0.05) is 11.2 Å². The molecule has 0 bridgehead atoms. The molecule has 3 rings (SSSR count). The molecule has 136 valence electrons. The lowest BCUT2D eigenvalue weighted by Gasteiger charge is -2.09. The van der Waals surface area contributed by atoms with Crippen molar-refractivity contribution in [2.45, 2.75) is 26.1 Å². The predicted octanol–water partition coefficient (Wildman–Crippen LogP) is 2.56. The number of carbonyl (C=O) groups is 1. The second-order valence-electron chi connectivity index (χ2n) is 5.63. The van der Waals surface area contributed by atoms with E-state index in [0.717, 1.165) is 0 Å². The zero-order chi connectivity index (χ0) is 18.5. The molecular weight excluding hydrogens is 357 g/mol. The SMILES string of the molecule is Cc1nc(CSCC(=O)NCc2ccc(-n3ccnc3C)c(F)c2)no1. The van der Waals surface area contributed by atoms with Gasteiger partial charge in [0.25, 0.3) is 0 Å². The summed E-state index contributed by atoms with van der Waals surface area (Å²) in [6.45, 7) is 3.79. The number of nitrogens with one attached hydrogen (secondary N) is 1. The molecule has 1 N–H and O–H groups in total. The first-order valence-corrected chi connectivity index (χ1v) is 9.11. The van der Waals surface area contributed by atoms with Crippen LogP contribution in [0.2, 0.25) is 0 Å². The van der Waals surface area contributed by atoms with Crippen molar-refractivity contribution < 1.29 is 13.7 Å². The number of rotatable bonds is 7. The molecule has 2 aromatic heterocycles. The minimum atomic E-state index is -0.361. The highest BCUT2D eigenvalue weighted by Crippen LogP contribution is 2.17. The first kappa shape index (κ1) is 18.1. The first-order valence-electron chi connectivity index (χ1n) is 7.95. The molecule has 2 heterocycles. The largest absolute Gasteiger partial charge is 0.351 e. The Morgan fingerprint density at radius 1 is 1.38 bits per heavy atom. The molecule has 0 aliphatic carbocycles. The molecule has 1 amide bonds. The highest BCUT2D eigenvalue weighted by molar-refractivity contribution is 7.99. The van der Waals surface area contributed by atoms with E-state index < -0.39 is 0 Å². The lowest BCUT2D eigenvalue weighted by Crippen LogP contribution is -2.24. The van der Waals surface area contributed by atoms with Gasteiger partial charge in [0.05, 0.1) is 17.2 Å². The van der Waals surface area contributed by atoms with Crippen LogP contribution in [0.1, 0.15) is 23.1 Å². The van der Waals surface area contributed by atoms with Gasteiger partial charge in [-0.15, -0.1) is 11.8 Å². The second-order valence-corrected chi connectivity index (χ2v) is 6.61. The monoisotopic (exact) mass is 375 g/mol. The van der Waals surface area contributed by atoms with Gasteiger partial charge in [-0.3, -0.25) is 4.79 Å². The van der Waals surface area contributed by atoms with E-state index in [1.54, 1.807) is 42.9 Å². The summed E-state index contributed by atoms with van der Waals surface area (Å²) in [5.41, 5.74) is 1.12. The van der Waals surface area contributed by atoms with Gasteiger partial charge in [0, 0.05) is 25.9 Å². The fourth-order valence-electron chi connectivity index (χ4n) is 2.37. The number of imidazole rings is 1. The molecule has 0 saturated heterocycles. The Kier molecular flexibility index (Phi) is 5.67. The Bertz CT molecular complexity index is 908. The van der Waals surface area contributed by atoms with Crippen LogP contribution in [0.25, 0.3) is 5.69 Å². The highest BCUT2D eigenvalue weighted by atomic mass is 32.2. The topological polar surface area (TPSA) is 85.8 Å². The van der Waals surface area contributed by atoms with Gasteiger partial charge in [0.2, 0.25) is 11.8 Å². The average Bonchev–Trinajstić information content (AvgIpc) is 3.21. The summed E-state index contributed by atoms with van der Waals surface area (Å²) in [5.74, 6) is 2.04. The fourth-order valence-corrected chi connectivity index (χ4v) is 3.06. The molecule has 0 unspecified atom stereocenters. The van der Waals surface area contributed by atoms with Crippen LogP contribution in [0.4, 0.5) is 4.39 Å². The van der Waals surface area contributed by atoms with Crippen molar-refractivity contribution >= 4 is 17.7 Å². The zero-order valence-electron chi connectivity index (χ0n) is 14.4. The second kappa shape index (κ2) is 8.13. The summed E-state index contributed by atoms with van der Waals surface area (Å²) in [6.07, 6.45) is 3.33. The van der Waals surface area contributed by atoms with Crippen LogP contribution in [0.5, 0.6) is 0 Å². The molecule has 1 aromatic carbocycles. The molecule has 0 radical (unpaired) electrons. The van der Waals surface area contributed by atoms with Crippen LogP contribution in [0.15, 0.2) is 35.1 Å². The molecular formula is C17H18FN5O2S. The van der Waals surface area contributed by atoms with E-state index >= 15 is 0 Å². The Morgan fingerprint density at radius 3 is 2.88 bits per heavy atom. The van der Waals surface area contributed by atoms with E-state index in [1.807, 2.05) is 0 Å². The number of aryl methyl sites for hydroxylation is 2. The molecule has 0 atom stereocenters. The van der Waals surface area contributed by atoms with Crippen molar-refractivity contribution in [3.63, 3.8) is 0 Å². The molecule has 0 spiro atoms. The van der Waals surface area contributed by atoms with Crippen LogP contribution in [0, 0.1) is 19.7 Å². The standard InChI is InChI=1S/C17H18FN5O2S/c1-11-19-5-6-23(11)15-4-3-13(7-14(15)18)8-20-17(24)10-26-9-16-21-12(2)25-22-16/h3-7H,8-10H2,1-2H3,(H,20,24). The number of hydrogen-bond acceptors (Lipinski definition) is 6. The van der Waals surface area contributed by atoms with Gasteiger partial charge in [-0.25, -0.2) is 9.37 Å². The minimum absolute atomic E-state index is 0.134. The summed E-state index contributed by atoms with van der Waals surface area (Å²) in [4.78, 5) is 20.1. The van der Waals surface area contributed by atoms with Gasteiger partial charge in [0.1, 0.15) is 11.6 Å². The molecule has 7 nitrogen and oxygen atoms in total. The van der Waals surface area contributed by atoms with Gasteiger partial charge in [-0.2, -0.15) is 4.98 Å². The minimum Gasteiger partial charge on any atom is -0.351 e. The highest BCUT2D eigenvalue weighted by Gasteiger charge is 2.09. The average molecular weight is 375 g/mol. The van der Waals surface area contributed by atoms with Crippen molar-refractivity contribution in [2.24, 2.45) is 0 Å². The van der Waals surface area contributed by atoms with Gasteiger partial charge < -0.3 is 14.4 Å². The Hall–Kier alpha value is -2.68. The maximum Gasteiger partial charge on any atom is 0.230 e. The van der Waals surface area contributed by atoms with Crippen LogP contribution in [-0.2, 0) is 17.1 Å². The van der Waals surface area contributed by atoms with Crippen LogP contribution >= 0.6 is 11.8 Å². The number of aromatic nitrogens is 4. The molecule has 3 aromatic rings. The Labute approximate surface area is 154 Å². The molecule has 9 heteroatoms. The molecule has 0 aliphatic rings. The Balaban J connectivity index is 1.49. The van der Waals surface area contributed by atoms with E-state index in [-0.39, 0.29) is 24.0 Å². The van der Waals surface area contributed by atoms with Crippen molar-refractivity contribution in [3.05, 3.63) is 59.5 Å². The summed E-state index contributed by atoms with van der Waals surface area (Å²) in [7, 11) is 0. The zero-order valence-corrected chi connectivity index (χ0v) is 15.2. The van der Waals surface area contributed by atoms with Gasteiger partial charge in [-0.05, 0) is 24.6 Å². The summed E-state index contributed by atoms with van der Waals surface area (Å²) >= 11 is 1.39. The number of nitrogens with zero attached hydrogens (tertiary/aromatic N) is 4. The number of hydrogen-bond donors (Lipinski definition) is 1. The molecule has 0 aliphatic heterocycles. The van der Waals surface area contributed by atoms with Crippen LogP contribution in [0.3, 0.4) is 0 Å². The van der Waals surface area contributed by atoms with Crippen LogP contribution < -0.4 is 5.32 Å². The lowest BCUT2D eigenvalue weighted by molar-refractivity contribution is -0.118. The number of amides is 1. The fraction of sp³-hybridized carbons (Fsp3) is 0.294. The maximum atomic E-state index is 14.3. The summed E-state index contributed by atoms with van der Waals surface area (Å²) < 4.78 is 20.9. The van der Waals surface area contributed by atoms with E-state index in [1.165, 1.54) is 17.8 Å². The van der Waals surface area contributed by atoms with E-state index in [2.05, 4.69) is 20.4 Å². The molecule has 0 saturated carbocycles. The van der Waals surface area contributed by atoms with Crippen molar-refractivity contribution in [3.8, 4) is 5.69 Å². The third-order valence-corrected chi connectivity index (χ3v) is 4.55. The van der Waals surface area contributed by atoms with Crippen molar-refractivity contribution in [2.75, 3.05) is 5.75 Å². The van der Waals surface area contributed by atoms with Crippen LogP contribution in [-0.4, -0.2) is 31.4 Å². The predicted molar refractivity (Wildman–Crippen MR) is 95.3 cm³/mol. The third-order valence-electron chi connectivity index (χ3n) is 3.62. The van der Waals surface area contributed by atoms with E-state index in [4.69, 9.17) is 4.52 Å². The molecule has 0 fully saturated rings.